The number of nitrogens with zero attached hydrogens (tertiary/aromatic N) is 2. The summed E-state index contributed by atoms with van der Waals surface area (Å²) in [6.07, 6.45) is 5.47. The predicted molar refractivity (Wildman–Crippen MR) is 105 cm³/mol. The van der Waals surface area contributed by atoms with Crippen molar-refractivity contribution in [1.82, 2.24) is 9.29 Å². The molecule has 3 rings (SSSR count). The van der Waals surface area contributed by atoms with Crippen molar-refractivity contribution in [3.8, 4) is 0 Å². The molecular formula is C20H27N3O2S. The predicted octanol–water partition coefficient (Wildman–Crippen LogP) is 4.13. The first-order chi connectivity index (χ1) is 12.5. The maximum atomic E-state index is 13.3. The van der Waals surface area contributed by atoms with Gasteiger partial charge in [0.25, 0.3) is 0 Å². The van der Waals surface area contributed by atoms with E-state index in [1.807, 2.05) is 31.2 Å². The van der Waals surface area contributed by atoms with E-state index >= 15 is 0 Å². The summed E-state index contributed by atoms with van der Waals surface area (Å²) in [5.41, 5.74) is 2.02. The van der Waals surface area contributed by atoms with E-state index in [4.69, 9.17) is 0 Å². The van der Waals surface area contributed by atoms with Crippen molar-refractivity contribution in [2.24, 2.45) is 0 Å². The normalized spacial score (nSPS) is 18.6. The second-order valence-corrected chi connectivity index (χ2v) is 8.70. The first kappa shape index (κ1) is 18.9. The monoisotopic (exact) mass is 373 g/mol. The summed E-state index contributed by atoms with van der Waals surface area (Å²) >= 11 is 0. The fourth-order valence-electron chi connectivity index (χ4n) is 3.43. The minimum absolute atomic E-state index is 0.178. The van der Waals surface area contributed by atoms with E-state index in [0.29, 0.717) is 11.4 Å². The highest BCUT2D eigenvalue weighted by molar-refractivity contribution is 7.89. The summed E-state index contributed by atoms with van der Waals surface area (Å²) in [6.45, 7) is 5.43. The molecule has 1 atom stereocenters. The van der Waals surface area contributed by atoms with Crippen LogP contribution in [0.3, 0.4) is 0 Å². The van der Waals surface area contributed by atoms with Crippen LogP contribution in [0.15, 0.2) is 47.5 Å². The first-order valence-electron chi connectivity index (χ1n) is 9.31. The Hall–Kier alpha value is -1.92. The molecule has 5 nitrogen and oxygen atoms in total. The van der Waals surface area contributed by atoms with Crippen molar-refractivity contribution in [3.05, 3.63) is 53.7 Å². The number of aryl methyl sites for hydroxylation is 1. The number of aromatic nitrogens is 1. The van der Waals surface area contributed by atoms with Gasteiger partial charge in [-0.25, -0.2) is 13.4 Å². The molecule has 1 saturated heterocycles. The minimum atomic E-state index is -3.54. The second-order valence-electron chi connectivity index (χ2n) is 6.81. The Morgan fingerprint density at radius 3 is 2.69 bits per heavy atom. The first-order valence-corrected chi connectivity index (χ1v) is 10.8. The van der Waals surface area contributed by atoms with E-state index in [-0.39, 0.29) is 6.04 Å². The quantitative estimate of drug-likeness (QED) is 0.827. The summed E-state index contributed by atoms with van der Waals surface area (Å²) in [5.74, 6) is 0.797. The molecule has 0 bridgehead atoms. The number of sulfonamides is 1. The number of anilines is 1. The van der Waals surface area contributed by atoms with Crippen LogP contribution in [0.2, 0.25) is 0 Å². The molecule has 0 amide bonds. The van der Waals surface area contributed by atoms with Crippen molar-refractivity contribution in [1.29, 1.82) is 0 Å². The van der Waals surface area contributed by atoms with Crippen LogP contribution in [0.4, 0.5) is 5.82 Å². The molecule has 26 heavy (non-hydrogen) atoms. The Kier molecular flexibility index (Phi) is 5.94. The van der Waals surface area contributed by atoms with E-state index in [1.54, 1.807) is 22.6 Å². The van der Waals surface area contributed by atoms with Crippen LogP contribution in [-0.4, -0.2) is 30.8 Å². The van der Waals surface area contributed by atoms with E-state index < -0.39 is 10.0 Å². The van der Waals surface area contributed by atoms with E-state index in [0.717, 1.165) is 49.2 Å². The van der Waals surface area contributed by atoms with Gasteiger partial charge < -0.3 is 5.32 Å². The standard InChI is InChI=1S/C20H27N3O2S/c1-3-13-21-20-18(7-6-14-22-20)19-8-4-5-15-23(19)26(24,25)17-11-9-16(2)10-12-17/h6-7,9-12,14,19H,3-5,8,13,15H2,1-2H3,(H,21,22)/t19-/m0/s1. The molecule has 2 heterocycles. The zero-order chi connectivity index (χ0) is 18.6. The molecule has 0 spiro atoms. The maximum absolute atomic E-state index is 13.3. The number of hydrogen-bond acceptors (Lipinski definition) is 4. The third-order valence-electron chi connectivity index (χ3n) is 4.82. The molecule has 6 heteroatoms. The molecule has 1 aliphatic rings. The van der Waals surface area contributed by atoms with E-state index in [9.17, 15) is 8.42 Å². The maximum Gasteiger partial charge on any atom is 0.243 e. The van der Waals surface area contributed by atoms with Gasteiger partial charge in [-0.05, 0) is 44.4 Å². The van der Waals surface area contributed by atoms with Gasteiger partial charge in [0.2, 0.25) is 10.0 Å². The van der Waals surface area contributed by atoms with Gasteiger partial charge in [0, 0.05) is 24.8 Å². The number of nitrogens with one attached hydrogen (secondary N) is 1. The lowest BCUT2D eigenvalue weighted by Gasteiger charge is -2.35. The van der Waals surface area contributed by atoms with Crippen molar-refractivity contribution in [2.75, 3.05) is 18.4 Å². The van der Waals surface area contributed by atoms with Gasteiger partial charge in [-0.15, -0.1) is 0 Å². The van der Waals surface area contributed by atoms with Gasteiger partial charge in [0.1, 0.15) is 5.82 Å². The Labute approximate surface area is 156 Å². The lowest BCUT2D eigenvalue weighted by atomic mass is 9.98. The van der Waals surface area contributed by atoms with Crippen molar-refractivity contribution >= 4 is 15.8 Å². The Bertz CT molecular complexity index is 834. The molecule has 1 aromatic carbocycles. The van der Waals surface area contributed by atoms with Crippen LogP contribution in [0.1, 0.15) is 49.8 Å². The number of rotatable bonds is 6. The van der Waals surface area contributed by atoms with Gasteiger partial charge in [0.15, 0.2) is 0 Å². The average molecular weight is 374 g/mol. The molecule has 0 radical (unpaired) electrons. The Morgan fingerprint density at radius 1 is 1.19 bits per heavy atom. The molecule has 0 saturated carbocycles. The van der Waals surface area contributed by atoms with Crippen LogP contribution < -0.4 is 5.32 Å². The zero-order valence-corrected chi connectivity index (χ0v) is 16.3. The molecule has 1 fully saturated rings. The highest BCUT2D eigenvalue weighted by Gasteiger charge is 2.35. The molecule has 140 valence electrons. The van der Waals surface area contributed by atoms with Gasteiger partial charge >= 0.3 is 0 Å². The van der Waals surface area contributed by atoms with Crippen LogP contribution in [0.25, 0.3) is 0 Å². The summed E-state index contributed by atoms with van der Waals surface area (Å²) in [7, 11) is -3.54. The second kappa shape index (κ2) is 8.18. The number of benzene rings is 1. The SMILES string of the molecule is CCCNc1ncccc1[C@@H]1CCCCN1S(=O)(=O)c1ccc(C)cc1. The van der Waals surface area contributed by atoms with Crippen molar-refractivity contribution in [3.63, 3.8) is 0 Å². The summed E-state index contributed by atoms with van der Waals surface area (Å²) < 4.78 is 28.2. The van der Waals surface area contributed by atoms with Crippen LogP contribution in [-0.2, 0) is 10.0 Å². The minimum Gasteiger partial charge on any atom is -0.370 e. The average Bonchev–Trinajstić information content (AvgIpc) is 2.67. The largest absolute Gasteiger partial charge is 0.370 e. The number of hydrogen-bond donors (Lipinski definition) is 1. The smallest absolute Gasteiger partial charge is 0.243 e. The molecule has 0 aliphatic carbocycles. The summed E-state index contributed by atoms with van der Waals surface area (Å²) in [5, 5.41) is 3.35. The van der Waals surface area contributed by atoms with Crippen LogP contribution in [0, 0.1) is 6.92 Å². The fourth-order valence-corrected chi connectivity index (χ4v) is 5.10. The van der Waals surface area contributed by atoms with Crippen molar-refractivity contribution < 1.29 is 8.42 Å². The lowest BCUT2D eigenvalue weighted by Crippen LogP contribution is -2.38. The number of pyridine rings is 1. The van der Waals surface area contributed by atoms with Crippen LogP contribution in [0.5, 0.6) is 0 Å². The summed E-state index contributed by atoms with van der Waals surface area (Å²) in [6, 6.07) is 10.8. The van der Waals surface area contributed by atoms with Gasteiger partial charge in [-0.3, -0.25) is 0 Å². The van der Waals surface area contributed by atoms with Gasteiger partial charge in [-0.2, -0.15) is 4.31 Å². The molecule has 1 N–H and O–H groups in total. The lowest BCUT2D eigenvalue weighted by molar-refractivity contribution is 0.256. The van der Waals surface area contributed by atoms with E-state index in [1.165, 1.54) is 0 Å². The third-order valence-corrected chi connectivity index (χ3v) is 6.74. The van der Waals surface area contributed by atoms with Gasteiger partial charge in [0.05, 0.1) is 10.9 Å². The Balaban J connectivity index is 1.97. The third kappa shape index (κ3) is 3.91. The van der Waals surface area contributed by atoms with Gasteiger partial charge in [-0.1, -0.05) is 37.1 Å². The molecule has 1 aromatic heterocycles. The number of piperidine rings is 1. The fraction of sp³-hybridized carbons (Fsp3) is 0.450. The summed E-state index contributed by atoms with van der Waals surface area (Å²) in [4.78, 5) is 4.82. The van der Waals surface area contributed by atoms with E-state index in [2.05, 4.69) is 17.2 Å². The highest BCUT2D eigenvalue weighted by Crippen LogP contribution is 2.37. The molecule has 2 aromatic rings. The molecule has 1 aliphatic heterocycles. The molecular weight excluding hydrogens is 346 g/mol. The molecule has 0 unspecified atom stereocenters. The Morgan fingerprint density at radius 2 is 1.96 bits per heavy atom. The van der Waals surface area contributed by atoms with Crippen molar-refractivity contribution in [2.45, 2.75) is 50.5 Å². The van der Waals surface area contributed by atoms with Crippen LogP contribution >= 0.6 is 0 Å². The zero-order valence-electron chi connectivity index (χ0n) is 15.5. The highest BCUT2D eigenvalue weighted by atomic mass is 32.2. The topological polar surface area (TPSA) is 62.3 Å².